The van der Waals surface area contributed by atoms with E-state index < -0.39 is 0 Å². The van der Waals surface area contributed by atoms with Gasteiger partial charge in [-0.3, -0.25) is 4.79 Å². The molecule has 0 radical (unpaired) electrons. The average molecular weight is 256 g/mol. The molecule has 1 aromatic rings. The van der Waals surface area contributed by atoms with Crippen molar-refractivity contribution >= 4 is 17.5 Å². The predicted octanol–water partition coefficient (Wildman–Crippen LogP) is 1.85. The lowest BCUT2D eigenvalue weighted by atomic mass is 10.1. The SMILES string of the molecule is COc1cccc(C(=O)N2CCC(Cl)C2)c1O. The van der Waals surface area contributed by atoms with Crippen LogP contribution in [0.2, 0.25) is 0 Å². The van der Waals surface area contributed by atoms with Crippen LogP contribution in [-0.4, -0.2) is 41.5 Å². The number of carbonyl (C=O) groups is 1. The fraction of sp³-hybridized carbons (Fsp3) is 0.417. The number of ether oxygens (including phenoxy) is 1. The molecular formula is C12H14ClNO3. The summed E-state index contributed by atoms with van der Waals surface area (Å²) in [7, 11) is 1.45. The molecule has 0 saturated carbocycles. The first-order chi connectivity index (χ1) is 8.13. The topological polar surface area (TPSA) is 49.8 Å². The van der Waals surface area contributed by atoms with Crippen LogP contribution < -0.4 is 4.74 Å². The largest absolute Gasteiger partial charge is 0.504 e. The Kier molecular flexibility index (Phi) is 3.43. The molecule has 4 nitrogen and oxygen atoms in total. The zero-order valence-electron chi connectivity index (χ0n) is 9.52. The second-order valence-corrected chi connectivity index (χ2v) is 4.61. The van der Waals surface area contributed by atoms with Gasteiger partial charge in [-0.05, 0) is 18.6 Å². The van der Waals surface area contributed by atoms with Crippen molar-refractivity contribution < 1.29 is 14.6 Å². The number of para-hydroxylation sites is 1. The van der Waals surface area contributed by atoms with E-state index in [1.54, 1.807) is 23.1 Å². The van der Waals surface area contributed by atoms with Crippen LogP contribution in [0.1, 0.15) is 16.8 Å². The Hall–Kier alpha value is -1.42. The lowest BCUT2D eigenvalue weighted by molar-refractivity contribution is 0.0789. The van der Waals surface area contributed by atoms with E-state index in [2.05, 4.69) is 0 Å². The summed E-state index contributed by atoms with van der Waals surface area (Å²) in [4.78, 5) is 13.8. The molecule has 1 atom stereocenters. The summed E-state index contributed by atoms with van der Waals surface area (Å²) in [6, 6.07) is 4.88. The molecule has 0 aromatic heterocycles. The number of phenolic OH excluding ortho intramolecular Hbond substituents is 1. The number of benzene rings is 1. The molecule has 0 spiro atoms. The number of nitrogens with zero attached hydrogens (tertiary/aromatic N) is 1. The minimum atomic E-state index is -0.204. The zero-order chi connectivity index (χ0) is 12.4. The summed E-state index contributed by atoms with van der Waals surface area (Å²) in [6.45, 7) is 1.15. The van der Waals surface area contributed by atoms with Crippen LogP contribution in [0.3, 0.4) is 0 Å². The van der Waals surface area contributed by atoms with E-state index in [9.17, 15) is 9.90 Å². The molecule has 1 heterocycles. The molecule has 5 heteroatoms. The number of hydrogen-bond acceptors (Lipinski definition) is 3. The highest BCUT2D eigenvalue weighted by atomic mass is 35.5. The van der Waals surface area contributed by atoms with E-state index in [1.807, 2.05) is 0 Å². The number of phenols is 1. The molecule has 1 saturated heterocycles. The second kappa shape index (κ2) is 4.84. The van der Waals surface area contributed by atoms with Gasteiger partial charge in [0, 0.05) is 13.1 Å². The van der Waals surface area contributed by atoms with Gasteiger partial charge in [-0.1, -0.05) is 6.07 Å². The maximum atomic E-state index is 12.1. The zero-order valence-corrected chi connectivity index (χ0v) is 10.3. The summed E-state index contributed by atoms with van der Waals surface area (Å²) in [5, 5.41) is 9.89. The molecule has 17 heavy (non-hydrogen) atoms. The molecule has 1 N–H and O–H groups in total. The van der Waals surface area contributed by atoms with Crippen LogP contribution in [-0.2, 0) is 0 Å². The van der Waals surface area contributed by atoms with Gasteiger partial charge in [0.2, 0.25) is 0 Å². The summed E-state index contributed by atoms with van der Waals surface area (Å²) >= 11 is 5.96. The Bertz CT molecular complexity index is 436. The van der Waals surface area contributed by atoms with Crippen molar-refractivity contribution in [2.24, 2.45) is 0 Å². The van der Waals surface area contributed by atoms with Gasteiger partial charge in [0.15, 0.2) is 11.5 Å². The number of rotatable bonds is 2. The van der Waals surface area contributed by atoms with E-state index in [-0.39, 0.29) is 22.6 Å². The van der Waals surface area contributed by atoms with E-state index in [0.717, 1.165) is 6.42 Å². The molecule has 92 valence electrons. The Morgan fingerprint density at radius 3 is 2.94 bits per heavy atom. The number of carbonyl (C=O) groups excluding carboxylic acids is 1. The van der Waals surface area contributed by atoms with Crippen LogP contribution in [0.4, 0.5) is 0 Å². The first-order valence-corrected chi connectivity index (χ1v) is 5.86. The third-order valence-electron chi connectivity index (χ3n) is 2.87. The van der Waals surface area contributed by atoms with E-state index >= 15 is 0 Å². The van der Waals surface area contributed by atoms with Crippen molar-refractivity contribution in [2.75, 3.05) is 20.2 Å². The lowest BCUT2D eigenvalue weighted by Crippen LogP contribution is -2.28. The van der Waals surface area contributed by atoms with Crippen molar-refractivity contribution in [3.05, 3.63) is 23.8 Å². The molecule has 1 fully saturated rings. The van der Waals surface area contributed by atoms with Crippen molar-refractivity contribution in [3.8, 4) is 11.5 Å². The lowest BCUT2D eigenvalue weighted by Gasteiger charge is -2.17. The van der Waals surface area contributed by atoms with E-state index in [1.165, 1.54) is 7.11 Å². The standard InChI is InChI=1S/C12H14ClNO3/c1-17-10-4-2-3-9(11(10)15)12(16)14-6-5-8(13)7-14/h2-4,8,15H,5-7H2,1H3. The fourth-order valence-corrected chi connectivity index (χ4v) is 2.20. The van der Waals surface area contributed by atoms with Gasteiger partial charge in [-0.25, -0.2) is 0 Å². The monoisotopic (exact) mass is 255 g/mol. The maximum Gasteiger partial charge on any atom is 0.257 e. The van der Waals surface area contributed by atoms with E-state index in [4.69, 9.17) is 16.3 Å². The number of alkyl halides is 1. The van der Waals surface area contributed by atoms with Crippen molar-refractivity contribution in [3.63, 3.8) is 0 Å². The Balaban J connectivity index is 2.25. The second-order valence-electron chi connectivity index (χ2n) is 3.99. The fourth-order valence-electron chi connectivity index (χ4n) is 1.93. The number of methoxy groups -OCH3 is 1. The summed E-state index contributed by atoms with van der Waals surface area (Å²) in [5.74, 6) is -0.0138. The number of halogens is 1. The summed E-state index contributed by atoms with van der Waals surface area (Å²) in [5.41, 5.74) is 0.259. The van der Waals surface area contributed by atoms with Crippen LogP contribution >= 0.6 is 11.6 Å². The molecule has 2 rings (SSSR count). The van der Waals surface area contributed by atoms with Crippen LogP contribution in [0.25, 0.3) is 0 Å². The molecule has 1 amide bonds. The number of amides is 1. The van der Waals surface area contributed by atoms with E-state index in [0.29, 0.717) is 18.8 Å². The molecule has 1 aliphatic rings. The molecule has 1 aliphatic heterocycles. The highest BCUT2D eigenvalue weighted by Gasteiger charge is 2.27. The van der Waals surface area contributed by atoms with Gasteiger partial charge in [0.05, 0.1) is 18.1 Å². The quantitative estimate of drug-likeness (QED) is 0.821. The Morgan fingerprint density at radius 1 is 1.59 bits per heavy atom. The van der Waals surface area contributed by atoms with Gasteiger partial charge >= 0.3 is 0 Å². The van der Waals surface area contributed by atoms with Crippen molar-refractivity contribution in [1.82, 2.24) is 4.90 Å². The van der Waals surface area contributed by atoms with Gasteiger partial charge < -0.3 is 14.7 Å². The van der Waals surface area contributed by atoms with Gasteiger partial charge in [0.25, 0.3) is 5.91 Å². The molecule has 1 unspecified atom stereocenters. The Morgan fingerprint density at radius 2 is 2.35 bits per heavy atom. The molecule has 1 aromatic carbocycles. The molecular weight excluding hydrogens is 242 g/mol. The molecule has 0 bridgehead atoms. The van der Waals surface area contributed by atoms with Gasteiger partial charge in [0.1, 0.15) is 0 Å². The average Bonchev–Trinajstić information content (AvgIpc) is 2.75. The van der Waals surface area contributed by atoms with Crippen LogP contribution in [0.15, 0.2) is 18.2 Å². The van der Waals surface area contributed by atoms with Gasteiger partial charge in [-0.15, -0.1) is 11.6 Å². The van der Waals surface area contributed by atoms with Crippen molar-refractivity contribution in [2.45, 2.75) is 11.8 Å². The van der Waals surface area contributed by atoms with Crippen LogP contribution in [0, 0.1) is 0 Å². The number of likely N-dealkylation sites (tertiary alicyclic amines) is 1. The minimum absolute atomic E-state index is 0.00620. The maximum absolute atomic E-state index is 12.1. The van der Waals surface area contributed by atoms with Crippen LogP contribution in [0.5, 0.6) is 11.5 Å². The normalized spacial score (nSPS) is 19.4. The minimum Gasteiger partial charge on any atom is -0.504 e. The first kappa shape index (κ1) is 12.0. The summed E-state index contributed by atoms with van der Waals surface area (Å²) < 4.78 is 4.97. The first-order valence-electron chi connectivity index (χ1n) is 5.42. The smallest absolute Gasteiger partial charge is 0.257 e. The Labute approximate surface area is 105 Å². The molecule has 0 aliphatic carbocycles. The third kappa shape index (κ3) is 2.31. The third-order valence-corrected chi connectivity index (χ3v) is 3.22. The number of aromatic hydroxyl groups is 1. The predicted molar refractivity (Wildman–Crippen MR) is 64.8 cm³/mol. The number of hydrogen-bond donors (Lipinski definition) is 1. The highest BCUT2D eigenvalue weighted by Crippen LogP contribution is 2.31. The summed E-state index contributed by atoms with van der Waals surface area (Å²) in [6.07, 6.45) is 0.790. The van der Waals surface area contributed by atoms with Gasteiger partial charge in [-0.2, -0.15) is 0 Å². The van der Waals surface area contributed by atoms with Crippen molar-refractivity contribution in [1.29, 1.82) is 0 Å². The highest BCUT2D eigenvalue weighted by molar-refractivity contribution is 6.21.